The van der Waals surface area contributed by atoms with Gasteiger partial charge in [0.2, 0.25) is 0 Å². The molecule has 2 aromatic heterocycles. The van der Waals surface area contributed by atoms with Crippen LogP contribution in [0.5, 0.6) is 0 Å². The van der Waals surface area contributed by atoms with E-state index >= 15 is 0 Å². The van der Waals surface area contributed by atoms with Crippen LogP contribution in [0.3, 0.4) is 0 Å². The highest BCUT2D eigenvalue weighted by Gasteiger charge is 2.31. The molecule has 0 aliphatic heterocycles. The zero-order valence-corrected chi connectivity index (χ0v) is 9.50. The smallest absolute Gasteiger partial charge is 0.356 e. The molecule has 1 fully saturated rings. The first-order valence-electron chi connectivity index (χ1n) is 5.61. The van der Waals surface area contributed by atoms with Gasteiger partial charge in [0.1, 0.15) is 5.65 Å². The first kappa shape index (κ1) is 10.1. The summed E-state index contributed by atoms with van der Waals surface area (Å²) in [6.07, 6.45) is 3.96. The van der Waals surface area contributed by atoms with Crippen molar-refractivity contribution >= 4 is 17.4 Å². The molecule has 0 aromatic carbocycles. The van der Waals surface area contributed by atoms with Gasteiger partial charge in [0.05, 0.1) is 0 Å². The summed E-state index contributed by atoms with van der Waals surface area (Å²) in [5.74, 6) is -0.377. The number of imidazole rings is 1. The molecular weight excluding hydrogens is 218 g/mol. The molecular formula is C12H13N3O2. The summed E-state index contributed by atoms with van der Waals surface area (Å²) >= 11 is 0. The van der Waals surface area contributed by atoms with Crippen LogP contribution >= 0.6 is 0 Å². The molecule has 0 saturated heterocycles. The van der Waals surface area contributed by atoms with Gasteiger partial charge in [-0.25, -0.2) is 9.78 Å². The Hall–Kier alpha value is -2.04. The maximum atomic E-state index is 11.4. The third-order valence-corrected chi connectivity index (χ3v) is 3.14. The van der Waals surface area contributed by atoms with Gasteiger partial charge in [-0.3, -0.25) is 4.40 Å². The molecule has 0 atom stereocenters. The minimum atomic E-state index is -0.939. The Bertz CT molecular complexity index is 586. The lowest BCUT2D eigenvalue weighted by Crippen LogP contribution is -2.22. The van der Waals surface area contributed by atoms with Gasteiger partial charge in [-0.15, -0.1) is 0 Å². The lowest BCUT2D eigenvalue weighted by Gasteiger charge is -2.15. The highest BCUT2D eigenvalue weighted by atomic mass is 16.4. The quantitative estimate of drug-likeness (QED) is 0.872. The maximum Gasteiger partial charge on any atom is 0.356 e. The number of rotatable bonds is 3. The van der Waals surface area contributed by atoms with E-state index < -0.39 is 5.97 Å². The first-order chi connectivity index (χ1) is 8.18. The number of hydrogen-bond donors (Lipinski definition) is 1. The molecule has 0 bridgehead atoms. The lowest BCUT2D eigenvalue weighted by molar-refractivity contribution is 0.0690. The highest BCUT2D eigenvalue weighted by molar-refractivity contribution is 5.93. The van der Waals surface area contributed by atoms with Crippen molar-refractivity contribution in [3.8, 4) is 0 Å². The maximum absolute atomic E-state index is 11.4. The Morgan fingerprint density at radius 2 is 2.29 bits per heavy atom. The fourth-order valence-corrected chi connectivity index (χ4v) is 2.06. The second kappa shape index (κ2) is 3.48. The standard InChI is InChI=1S/C12H13N3O2/c1-14(8-5-6-8)11-10(12(16)17)15-7-3-2-4-9(15)13-11/h2-4,7-8H,5-6H2,1H3,(H,16,17). The monoisotopic (exact) mass is 231 g/mol. The lowest BCUT2D eigenvalue weighted by atomic mass is 10.4. The topological polar surface area (TPSA) is 57.8 Å². The summed E-state index contributed by atoms with van der Waals surface area (Å²) in [7, 11) is 1.91. The summed E-state index contributed by atoms with van der Waals surface area (Å²) in [4.78, 5) is 17.7. The van der Waals surface area contributed by atoms with Crippen LogP contribution in [0.2, 0.25) is 0 Å². The number of anilines is 1. The number of pyridine rings is 1. The highest BCUT2D eigenvalue weighted by Crippen LogP contribution is 2.32. The Kier molecular flexibility index (Phi) is 2.07. The van der Waals surface area contributed by atoms with Crippen molar-refractivity contribution in [3.63, 3.8) is 0 Å². The zero-order valence-electron chi connectivity index (χ0n) is 9.50. The fourth-order valence-electron chi connectivity index (χ4n) is 2.06. The number of carboxylic acid groups (broad SMARTS) is 1. The van der Waals surface area contributed by atoms with Crippen LogP contribution in [0.15, 0.2) is 24.4 Å². The van der Waals surface area contributed by atoms with Crippen LogP contribution in [0, 0.1) is 0 Å². The molecule has 0 radical (unpaired) electrons. The SMILES string of the molecule is CN(c1nc2ccccn2c1C(=O)O)C1CC1. The number of nitrogens with zero attached hydrogens (tertiary/aromatic N) is 3. The number of aromatic carboxylic acids is 1. The van der Waals surface area contributed by atoms with E-state index in [1.807, 2.05) is 30.1 Å². The number of aromatic nitrogens is 2. The van der Waals surface area contributed by atoms with Crippen molar-refractivity contribution in [2.24, 2.45) is 0 Å². The summed E-state index contributed by atoms with van der Waals surface area (Å²) in [6, 6.07) is 5.92. The number of fused-ring (bicyclic) bond motifs is 1. The molecule has 2 aromatic rings. The molecule has 1 aliphatic carbocycles. The molecule has 3 rings (SSSR count). The molecule has 1 aliphatic rings. The number of carbonyl (C=O) groups is 1. The Morgan fingerprint density at radius 1 is 1.53 bits per heavy atom. The second-order valence-electron chi connectivity index (χ2n) is 4.36. The van der Waals surface area contributed by atoms with E-state index in [2.05, 4.69) is 4.98 Å². The Morgan fingerprint density at radius 3 is 2.94 bits per heavy atom. The van der Waals surface area contributed by atoms with E-state index in [1.165, 1.54) is 0 Å². The first-order valence-corrected chi connectivity index (χ1v) is 5.61. The van der Waals surface area contributed by atoms with Gasteiger partial charge in [0, 0.05) is 19.3 Å². The van der Waals surface area contributed by atoms with Gasteiger partial charge in [-0.05, 0) is 25.0 Å². The molecule has 0 spiro atoms. The largest absolute Gasteiger partial charge is 0.476 e. The number of carboxylic acids is 1. The minimum Gasteiger partial charge on any atom is -0.476 e. The molecule has 17 heavy (non-hydrogen) atoms. The van der Waals surface area contributed by atoms with Gasteiger partial charge >= 0.3 is 5.97 Å². The zero-order chi connectivity index (χ0) is 12.0. The predicted octanol–water partition coefficient (Wildman–Crippen LogP) is 1.63. The van der Waals surface area contributed by atoms with Gasteiger partial charge in [0.25, 0.3) is 0 Å². The number of hydrogen-bond acceptors (Lipinski definition) is 3. The average Bonchev–Trinajstić information content (AvgIpc) is 3.07. The van der Waals surface area contributed by atoms with Gasteiger partial charge < -0.3 is 10.0 Å². The van der Waals surface area contributed by atoms with E-state index in [1.54, 1.807) is 10.6 Å². The van der Waals surface area contributed by atoms with Crippen LogP contribution in [0.25, 0.3) is 5.65 Å². The molecule has 1 N–H and O–H groups in total. The van der Waals surface area contributed by atoms with Crippen LogP contribution in [-0.4, -0.2) is 33.6 Å². The molecule has 5 heteroatoms. The predicted molar refractivity (Wildman–Crippen MR) is 63.6 cm³/mol. The van der Waals surface area contributed by atoms with Crippen molar-refractivity contribution in [2.45, 2.75) is 18.9 Å². The summed E-state index contributed by atoms with van der Waals surface area (Å²) < 4.78 is 1.62. The molecule has 88 valence electrons. The van der Waals surface area contributed by atoms with Crippen LogP contribution < -0.4 is 4.90 Å². The van der Waals surface area contributed by atoms with E-state index in [4.69, 9.17) is 0 Å². The van der Waals surface area contributed by atoms with Gasteiger partial charge in [-0.1, -0.05) is 6.07 Å². The van der Waals surface area contributed by atoms with Crippen molar-refractivity contribution in [3.05, 3.63) is 30.1 Å². The van der Waals surface area contributed by atoms with E-state index in [0.717, 1.165) is 12.8 Å². The van der Waals surface area contributed by atoms with E-state index in [-0.39, 0.29) is 5.69 Å². The van der Waals surface area contributed by atoms with Gasteiger partial charge in [-0.2, -0.15) is 0 Å². The van der Waals surface area contributed by atoms with Crippen molar-refractivity contribution in [1.29, 1.82) is 0 Å². The molecule has 1 saturated carbocycles. The average molecular weight is 231 g/mol. The van der Waals surface area contributed by atoms with E-state index in [9.17, 15) is 9.90 Å². The molecule has 5 nitrogen and oxygen atoms in total. The van der Waals surface area contributed by atoms with Crippen LogP contribution in [-0.2, 0) is 0 Å². The van der Waals surface area contributed by atoms with Crippen LogP contribution in [0.1, 0.15) is 23.3 Å². The Balaban J connectivity index is 2.21. The summed E-state index contributed by atoms with van der Waals surface area (Å²) in [5, 5.41) is 9.32. The third-order valence-electron chi connectivity index (χ3n) is 3.14. The van der Waals surface area contributed by atoms with E-state index in [0.29, 0.717) is 17.5 Å². The van der Waals surface area contributed by atoms with Crippen molar-refractivity contribution in [2.75, 3.05) is 11.9 Å². The van der Waals surface area contributed by atoms with Gasteiger partial charge in [0.15, 0.2) is 11.5 Å². The molecule has 2 heterocycles. The van der Waals surface area contributed by atoms with Crippen molar-refractivity contribution < 1.29 is 9.90 Å². The fraction of sp³-hybridized carbons (Fsp3) is 0.333. The summed E-state index contributed by atoms with van der Waals surface area (Å²) in [5.41, 5.74) is 0.919. The third kappa shape index (κ3) is 1.54. The van der Waals surface area contributed by atoms with Crippen molar-refractivity contribution in [1.82, 2.24) is 9.38 Å². The second-order valence-corrected chi connectivity index (χ2v) is 4.36. The Labute approximate surface area is 98.3 Å². The van der Waals surface area contributed by atoms with Crippen LogP contribution in [0.4, 0.5) is 5.82 Å². The molecule has 0 amide bonds. The minimum absolute atomic E-state index is 0.245. The summed E-state index contributed by atoms with van der Waals surface area (Å²) in [6.45, 7) is 0. The normalized spacial score (nSPS) is 15.1. The molecule has 0 unspecified atom stereocenters.